The number of non-ortho nitro benzene ring substituents is 1. The quantitative estimate of drug-likeness (QED) is 0.00326. The number of aryl methyl sites for hydroxylation is 4. The van der Waals surface area contributed by atoms with Crippen molar-refractivity contribution in [2.24, 2.45) is 29.2 Å². The van der Waals surface area contributed by atoms with Crippen molar-refractivity contribution >= 4 is 253 Å². The molecule has 4 aliphatic rings. The summed E-state index contributed by atoms with van der Waals surface area (Å²) in [7, 11) is -6.31. The van der Waals surface area contributed by atoms with Crippen LogP contribution in [0.4, 0.5) is 53.3 Å². The van der Waals surface area contributed by atoms with Gasteiger partial charge in [-0.25, -0.2) is 23.7 Å². The number of likely N-dealkylation sites (N-methyl/N-ethyl adjacent to an activating group) is 2. The van der Waals surface area contributed by atoms with Gasteiger partial charge < -0.3 is 94.9 Å². The highest BCUT2D eigenvalue weighted by molar-refractivity contribution is 7.51. The number of primary amides is 1. The van der Waals surface area contributed by atoms with Crippen LogP contribution in [-0.2, 0) is 65.0 Å². The lowest BCUT2D eigenvalue weighted by molar-refractivity contribution is -0.384. The number of carbonyl (C=O) groups excluding carboxylic acids is 12. The zero-order chi connectivity index (χ0) is 107. The molecule has 788 valence electrons. The molecule has 11 N–H and O–H groups in total. The number of nitrogens with zero attached hydrogens (tertiary/aromatic N) is 7. The fourth-order valence-electron chi connectivity index (χ4n) is 19.2. The number of nitro groups is 1. The standard InChI is InChI=1S/C64H84Cl2N9O14PS2.C36H32Cl2N3O11PS2/c1-36(2)57(71-61(81)41(24-39(5)76)12-8-9-20-67)49(77)26-42(13-11-21-69-62(68)82)60(80)70-46-18-16-40(17-19-46)32-88-63(83)72(6)22-23-73(7)64(84)89-50-27-48-56(54-38(4)35-92-59(50)54)45(29-66)31-75(48)52(79)15-10-14-51(78)74-30-44(28-65)55-47(74)25-43(33-90(85,86)87)58-53(55)37(3)34-91-58;1-18-16-54-34-26(51-36(44)50-23-8-6-22(7-9-23)41(45)46)10-24-32(30(18)34)20(12-37)14-39(24)28(42)4-3-5-29(43)40-15-21(13-38)33-25(40)11-27(52-53(47,48)49)35-31(33)19(2)17-55-35/h16-19,25,27,34-36,41-42,44-45,57H,8-15,20-24,26,28-33,67H2,1-7H3,(H,70,80)(H,71,81)(H3,68,69,82)(H2,85,86,87);6-11,16-17,20-21H,3-5,12-15H2,1-2H3,(H2,47,48,49)/t41-,42-,44-,45-,57+;20-,21-/m11/s1. The molecule has 4 aromatic heterocycles. The van der Waals surface area contributed by atoms with Crippen LogP contribution in [0.1, 0.15) is 184 Å². The summed E-state index contributed by atoms with van der Waals surface area (Å²) in [5.74, 6) is -3.83. The van der Waals surface area contributed by atoms with E-state index in [1.165, 1.54) is 106 Å². The van der Waals surface area contributed by atoms with Crippen molar-refractivity contribution in [2.45, 2.75) is 174 Å². The topological polar surface area (TPSA) is 517 Å². The number of alkyl halides is 4. The van der Waals surface area contributed by atoms with E-state index in [4.69, 9.17) is 81.3 Å². The van der Waals surface area contributed by atoms with Crippen LogP contribution in [0.25, 0.3) is 40.3 Å². The maximum absolute atomic E-state index is 14.2. The normalized spacial score (nSPS) is 15.8. The second kappa shape index (κ2) is 49.6. The highest BCUT2D eigenvalue weighted by Gasteiger charge is 2.43. The van der Waals surface area contributed by atoms with Crippen LogP contribution in [0.5, 0.6) is 23.0 Å². The summed E-state index contributed by atoms with van der Waals surface area (Å²) in [4.78, 5) is 219. The first kappa shape index (κ1) is 113. The third-order valence-electron chi connectivity index (χ3n) is 26.4. The first-order valence-corrected chi connectivity index (χ1v) is 56.6. The average molecular weight is 2220 g/mol. The number of thiophene rings is 4. The molecular weight excluding hydrogens is 2100 g/mol. The molecule has 0 unspecified atom stereocenters. The number of carbonyl (C=O) groups is 12. The molecule has 0 aliphatic carbocycles. The van der Waals surface area contributed by atoms with Gasteiger partial charge in [0.1, 0.15) is 18.1 Å². The van der Waals surface area contributed by atoms with Gasteiger partial charge in [-0.3, -0.25) is 58.0 Å². The van der Waals surface area contributed by atoms with E-state index < -0.39 is 80.6 Å². The second-order valence-electron chi connectivity index (χ2n) is 37.5. The summed E-state index contributed by atoms with van der Waals surface area (Å²) in [5.41, 5.74) is 21.3. The number of anilines is 5. The predicted octanol–water partition coefficient (Wildman–Crippen LogP) is 19.0. The van der Waals surface area contributed by atoms with Crippen molar-refractivity contribution in [3.05, 3.63) is 160 Å². The number of hydrogen-bond acceptors (Lipinski definition) is 26. The van der Waals surface area contributed by atoms with E-state index in [0.717, 1.165) is 70.8 Å². The second-order valence-corrected chi connectivity index (χ2v) is 45.1. The number of ether oxygens (including phenoxy) is 4. The fourth-order valence-corrected chi connectivity index (χ4v) is 25.6. The number of rotatable bonds is 43. The van der Waals surface area contributed by atoms with Crippen molar-refractivity contribution in [2.75, 3.05) is 115 Å². The van der Waals surface area contributed by atoms with E-state index in [1.54, 1.807) is 75.9 Å². The molecule has 6 aromatic carbocycles. The van der Waals surface area contributed by atoms with Crippen molar-refractivity contribution in [3.8, 4) is 23.0 Å². The Bertz CT molecular complexity index is 6810. The Balaban J connectivity index is 0.000000278. The SMILES string of the molecule is CC(=O)C[C@@H](CCCCN)C(=O)N[C@H](C(=O)C[C@@H](CCCNC(N)=O)C(=O)Nc1ccc(COC(=O)N(C)CCN(C)C(=O)Oc2cc3c(c4c(C)csc24)[C@H](CCl)CN3C(=O)CCCC(=O)N2C[C@@H](CCl)c3c2cc(CP(=O)(O)O)c2scc(C)c32)cc1)C(C)C.Cc1csc2c(OC(=O)Oc3ccc([N+](=O)[O-])cc3)cc3c(c12)[C@H](CCl)CN3C(=O)CCCC(=O)N1C[C@@H](CCl)c2c1cc(OP(=O)(O)O)c1scc(C)c21. The van der Waals surface area contributed by atoms with Crippen LogP contribution in [-0.4, -0.2) is 202 Å². The van der Waals surface area contributed by atoms with Crippen LogP contribution >= 0.6 is 107 Å². The fraction of sp³-hybridized carbons (Fsp3) is 0.440. The molecular formula is C100H116Cl4N12O25P2S4. The molecule has 47 heteroatoms. The van der Waals surface area contributed by atoms with Crippen LogP contribution in [0, 0.1) is 55.6 Å². The molecule has 147 heavy (non-hydrogen) atoms. The Morgan fingerprint density at radius 1 is 0.544 bits per heavy atom. The van der Waals surface area contributed by atoms with Gasteiger partial charge in [0.15, 0.2) is 23.0 Å². The van der Waals surface area contributed by atoms with Gasteiger partial charge in [0.2, 0.25) is 35.4 Å². The third kappa shape index (κ3) is 27.1. The minimum Gasteiger partial charge on any atom is -0.445 e. The van der Waals surface area contributed by atoms with E-state index in [0.29, 0.717) is 92.4 Å². The van der Waals surface area contributed by atoms with E-state index in [9.17, 15) is 96.4 Å². The van der Waals surface area contributed by atoms with E-state index >= 15 is 0 Å². The molecule has 0 bridgehead atoms. The molecule has 0 fully saturated rings. The summed E-state index contributed by atoms with van der Waals surface area (Å²) < 4.78 is 54.4. The lowest BCUT2D eigenvalue weighted by Gasteiger charge is -2.26. The van der Waals surface area contributed by atoms with Gasteiger partial charge in [-0.05, 0) is 193 Å². The number of nitro benzene ring substituents is 1. The zero-order valence-corrected chi connectivity index (χ0v) is 90.2. The Labute approximate surface area is 883 Å². The number of phosphoric acid groups is 1. The highest BCUT2D eigenvalue weighted by atomic mass is 35.5. The van der Waals surface area contributed by atoms with Crippen molar-refractivity contribution in [1.82, 2.24) is 20.4 Å². The van der Waals surface area contributed by atoms with E-state index in [-0.39, 0.29) is 221 Å². The van der Waals surface area contributed by atoms with Crippen molar-refractivity contribution < 1.29 is 115 Å². The largest absolute Gasteiger partial charge is 0.524 e. The number of amides is 10. The summed E-state index contributed by atoms with van der Waals surface area (Å²) in [6, 6.07) is 16.3. The monoisotopic (exact) mass is 2210 g/mol. The van der Waals surface area contributed by atoms with Gasteiger partial charge in [0, 0.05) is 225 Å². The number of nitrogens with one attached hydrogen (secondary N) is 3. The van der Waals surface area contributed by atoms with Gasteiger partial charge in [-0.15, -0.1) is 91.8 Å². The Morgan fingerprint density at radius 2 is 0.966 bits per heavy atom. The van der Waals surface area contributed by atoms with Gasteiger partial charge in [-0.1, -0.05) is 32.4 Å². The number of halogens is 4. The van der Waals surface area contributed by atoms with E-state index in [2.05, 4.69) is 16.0 Å². The van der Waals surface area contributed by atoms with E-state index in [1.807, 2.05) is 49.2 Å². The Morgan fingerprint density at radius 3 is 1.39 bits per heavy atom. The zero-order valence-electron chi connectivity index (χ0n) is 82.1. The Hall–Kier alpha value is -11.0. The molecule has 10 aromatic rings. The number of nitrogens with two attached hydrogens (primary N) is 2. The summed E-state index contributed by atoms with van der Waals surface area (Å²) in [5, 5.41) is 30.1. The Kier molecular flexibility index (Phi) is 38.2. The predicted molar refractivity (Wildman–Crippen MR) is 570 cm³/mol. The molecule has 0 saturated carbocycles. The van der Waals surface area contributed by atoms with Crippen LogP contribution in [0.2, 0.25) is 0 Å². The number of hydrogen-bond donors (Lipinski definition) is 9. The minimum atomic E-state index is -4.91. The molecule has 8 heterocycles. The number of Topliss-reactive ketones (excluding diaryl/α,β-unsaturated/α-hetero) is 2. The minimum absolute atomic E-state index is 0.000671. The van der Waals surface area contributed by atoms with Crippen LogP contribution < -0.4 is 65.8 Å². The van der Waals surface area contributed by atoms with Gasteiger partial charge in [-0.2, -0.15) is 0 Å². The number of unbranched alkanes of at least 4 members (excludes halogenated alkanes) is 1. The van der Waals surface area contributed by atoms with Crippen molar-refractivity contribution in [3.63, 3.8) is 0 Å². The first-order chi connectivity index (χ1) is 69.8. The van der Waals surface area contributed by atoms with Crippen molar-refractivity contribution in [1.29, 1.82) is 0 Å². The molecule has 0 radical (unpaired) electrons. The molecule has 37 nitrogen and oxygen atoms in total. The van der Waals surface area contributed by atoms with Crippen LogP contribution in [0.15, 0.2) is 94.3 Å². The number of urea groups is 1. The van der Waals surface area contributed by atoms with Gasteiger partial charge in [0.05, 0.1) is 48.3 Å². The summed E-state index contributed by atoms with van der Waals surface area (Å²) >= 11 is 31.3. The lowest BCUT2D eigenvalue weighted by Crippen LogP contribution is -2.48. The number of benzene rings is 6. The maximum atomic E-state index is 14.2. The van der Waals surface area contributed by atoms with Gasteiger partial charge >= 0.3 is 39.8 Å². The number of ketones is 2. The molecule has 14 rings (SSSR count). The molecule has 0 saturated heterocycles. The molecule has 4 aliphatic heterocycles. The first-order valence-electron chi connectivity index (χ1n) is 47.7. The number of phosphoric ester groups is 1. The van der Waals surface area contributed by atoms with Gasteiger partial charge in [0.25, 0.3) is 5.69 Å². The smallest absolute Gasteiger partial charge is 0.445 e. The summed E-state index contributed by atoms with van der Waals surface area (Å²) in [6.45, 7) is 14.3. The maximum Gasteiger partial charge on any atom is 0.524 e. The summed E-state index contributed by atoms with van der Waals surface area (Å²) in [6.07, 6.45) is -0.419. The third-order valence-corrected chi connectivity index (χ3v) is 33.5. The van der Waals surface area contributed by atoms with Crippen LogP contribution in [0.3, 0.4) is 0 Å². The average Bonchev–Trinajstić information content (AvgIpc) is 1.59. The number of fused-ring (bicyclic) bond motifs is 12. The highest BCUT2D eigenvalue weighted by Crippen LogP contribution is 2.56. The molecule has 7 atom stereocenters. The molecule has 10 amide bonds. The lowest BCUT2D eigenvalue weighted by atomic mass is 9.88. The molecule has 0 spiro atoms.